The number of hydrogen-bond acceptors (Lipinski definition) is 4. The van der Waals surface area contributed by atoms with E-state index >= 15 is 0 Å². The number of nitrogens with two attached hydrogens (primary N) is 1. The fourth-order valence-corrected chi connectivity index (χ4v) is 2.37. The third-order valence-electron chi connectivity index (χ3n) is 3.28. The van der Waals surface area contributed by atoms with Crippen LogP contribution >= 0.6 is 11.6 Å². The Bertz CT molecular complexity index is 755. The van der Waals surface area contributed by atoms with Crippen molar-refractivity contribution >= 4 is 11.6 Å². The van der Waals surface area contributed by atoms with Gasteiger partial charge < -0.3 is 10.2 Å². The average molecular weight is 300 g/mol. The minimum atomic E-state index is -0.431. The smallest absolute Gasteiger partial charge is 0.248 e. The van der Waals surface area contributed by atoms with Crippen LogP contribution in [0.1, 0.15) is 23.1 Å². The van der Waals surface area contributed by atoms with Crippen LogP contribution in [0.2, 0.25) is 5.02 Å². The molecule has 3 rings (SSSR count). The maximum absolute atomic E-state index is 6.15. The zero-order chi connectivity index (χ0) is 14.8. The van der Waals surface area contributed by atoms with Crippen molar-refractivity contribution in [3.63, 3.8) is 0 Å². The second-order valence-corrected chi connectivity index (χ2v) is 5.23. The van der Waals surface area contributed by atoms with Crippen molar-refractivity contribution in [1.29, 1.82) is 0 Å². The Morgan fingerprint density at radius 3 is 2.57 bits per heavy atom. The van der Waals surface area contributed by atoms with E-state index in [-0.39, 0.29) is 0 Å². The maximum atomic E-state index is 6.15. The minimum absolute atomic E-state index is 0.394. The van der Waals surface area contributed by atoms with Gasteiger partial charge in [0.1, 0.15) is 6.04 Å². The molecule has 5 heteroatoms. The number of halogens is 1. The number of rotatable bonds is 3. The summed E-state index contributed by atoms with van der Waals surface area (Å²) in [6.45, 7) is 1.95. The highest BCUT2D eigenvalue weighted by molar-refractivity contribution is 6.30. The van der Waals surface area contributed by atoms with E-state index in [9.17, 15) is 0 Å². The van der Waals surface area contributed by atoms with Gasteiger partial charge >= 0.3 is 0 Å². The van der Waals surface area contributed by atoms with E-state index in [0.29, 0.717) is 16.8 Å². The van der Waals surface area contributed by atoms with E-state index < -0.39 is 6.04 Å². The fourth-order valence-electron chi connectivity index (χ4n) is 2.14. The summed E-state index contributed by atoms with van der Waals surface area (Å²) in [4.78, 5) is 0. The molecule has 2 aromatic carbocycles. The zero-order valence-electron chi connectivity index (χ0n) is 11.5. The largest absolute Gasteiger partial charge is 0.419 e. The average Bonchev–Trinajstić information content (AvgIpc) is 2.97. The van der Waals surface area contributed by atoms with E-state index in [2.05, 4.69) is 10.2 Å². The third-order valence-corrected chi connectivity index (χ3v) is 3.52. The Morgan fingerprint density at radius 1 is 1.10 bits per heavy atom. The Kier molecular flexibility index (Phi) is 3.73. The molecule has 0 bridgehead atoms. The lowest BCUT2D eigenvalue weighted by molar-refractivity contribution is 0.484. The van der Waals surface area contributed by atoms with Crippen LogP contribution in [0.15, 0.2) is 52.9 Å². The predicted molar refractivity (Wildman–Crippen MR) is 82.0 cm³/mol. The lowest BCUT2D eigenvalue weighted by Crippen LogP contribution is -2.11. The molecular weight excluding hydrogens is 286 g/mol. The van der Waals surface area contributed by atoms with Crippen molar-refractivity contribution in [2.75, 3.05) is 0 Å². The summed E-state index contributed by atoms with van der Waals surface area (Å²) in [5, 5.41) is 8.82. The first kappa shape index (κ1) is 13.8. The second-order valence-electron chi connectivity index (χ2n) is 4.79. The van der Waals surface area contributed by atoms with E-state index in [1.165, 1.54) is 0 Å². The molecule has 0 radical (unpaired) electrons. The Balaban J connectivity index is 1.93. The summed E-state index contributed by atoms with van der Waals surface area (Å²) in [7, 11) is 0. The van der Waals surface area contributed by atoms with Gasteiger partial charge in [0.05, 0.1) is 0 Å². The highest BCUT2D eigenvalue weighted by Gasteiger charge is 2.17. The van der Waals surface area contributed by atoms with Crippen molar-refractivity contribution in [2.45, 2.75) is 13.0 Å². The van der Waals surface area contributed by atoms with Crippen LogP contribution in [0.25, 0.3) is 11.5 Å². The van der Waals surface area contributed by atoms with Crippen LogP contribution in [-0.2, 0) is 0 Å². The molecule has 0 saturated carbocycles. The number of aromatic nitrogens is 2. The number of benzene rings is 2. The first-order valence-electron chi connectivity index (χ1n) is 6.55. The quantitative estimate of drug-likeness (QED) is 0.800. The molecule has 2 N–H and O–H groups in total. The molecular formula is C16H14ClN3O. The van der Waals surface area contributed by atoms with Gasteiger partial charge in [0.25, 0.3) is 0 Å². The molecule has 1 aromatic heterocycles. The third kappa shape index (κ3) is 2.82. The van der Waals surface area contributed by atoms with Gasteiger partial charge in [-0.3, -0.25) is 0 Å². The lowest BCUT2D eigenvalue weighted by atomic mass is 10.1. The number of nitrogens with zero attached hydrogens (tertiary/aromatic N) is 2. The summed E-state index contributed by atoms with van der Waals surface area (Å²) in [6, 6.07) is 14.7. The van der Waals surface area contributed by atoms with Crippen molar-refractivity contribution < 1.29 is 4.42 Å². The van der Waals surface area contributed by atoms with Gasteiger partial charge in [-0.25, -0.2) is 0 Å². The molecule has 0 saturated heterocycles. The van der Waals surface area contributed by atoms with Crippen molar-refractivity contribution in [3.8, 4) is 11.5 Å². The van der Waals surface area contributed by atoms with Crippen molar-refractivity contribution in [2.24, 2.45) is 5.73 Å². The molecule has 21 heavy (non-hydrogen) atoms. The monoisotopic (exact) mass is 299 g/mol. The van der Waals surface area contributed by atoms with E-state index in [1.54, 1.807) is 6.07 Å². The number of hydrogen-bond donors (Lipinski definition) is 1. The summed E-state index contributed by atoms with van der Waals surface area (Å²) < 4.78 is 5.72. The summed E-state index contributed by atoms with van der Waals surface area (Å²) in [5.74, 6) is 0.844. The summed E-state index contributed by atoms with van der Waals surface area (Å²) in [5.41, 5.74) is 8.92. The standard InChI is InChI=1S/C16H14ClN3O/c1-10-9-12(17)7-8-13(10)15-19-20-16(21-15)14(18)11-5-3-2-4-6-11/h2-9,14H,18H2,1H3. The Hall–Kier alpha value is -2.17. The lowest BCUT2D eigenvalue weighted by Gasteiger charge is -2.06. The molecule has 4 nitrogen and oxygen atoms in total. The molecule has 0 aliphatic carbocycles. The number of aryl methyl sites for hydroxylation is 1. The predicted octanol–water partition coefficient (Wildman–Crippen LogP) is 3.75. The van der Waals surface area contributed by atoms with Crippen LogP contribution in [0.5, 0.6) is 0 Å². The molecule has 0 fully saturated rings. The zero-order valence-corrected chi connectivity index (χ0v) is 12.2. The fraction of sp³-hybridized carbons (Fsp3) is 0.125. The topological polar surface area (TPSA) is 64.9 Å². The van der Waals surface area contributed by atoms with Crippen LogP contribution < -0.4 is 5.73 Å². The van der Waals surface area contributed by atoms with E-state index in [1.807, 2.05) is 49.4 Å². The highest BCUT2D eigenvalue weighted by Crippen LogP contribution is 2.27. The van der Waals surface area contributed by atoms with Crippen LogP contribution in [0.3, 0.4) is 0 Å². The molecule has 1 atom stereocenters. The molecule has 1 heterocycles. The summed E-state index contributed by atoms with van der Waals surface area (Å²) in [6.07, 6.45) is 0. The van der Waals surface area contributed by atoms with Gasteiger partial charge in [0, 0.05) is 10.6 Å². The van der Waals surface area contributed by atoms with Crippen molar-refractivity contribution in [3.05, 3.63) is 70.6 Å². The van der Waals surface area contributed by atoms with Gasteiger partial charge in [-0.15, -0.1) is 10.2 Å². The minimum Gasteiger partial charge on any atom is -0.419 e. The van der Waals surface area contributed by atoms with Crippen LogP contribution in [0, 0.1) is 6.92 Å². The van der Waals surface area contributed by atoms with Gasteiger partial charge in [0.15, 0.2) is 0 Å². The van der Waals surface area contributed by atoms with Crippen LogP contribution in [0.4, 0.5) is 0 Å². The highest BCUT2D eigenvalue weighted by atomic mass is 35.5. The van der Waals surface area contributed by atoms with Gasteiger partial charge in [-0.05, 0) is 36.2 Å². The molecule has 0 aliphatic heterocycles. The molecule has 0 amide bonds. The molecule has 3 aromatic rings. The van der Waals surface area contributed by atoms with Gasteiger partial charge in [-0.2, -0.15) is 0 Å². The molecule has 0 spiro atoms. The SMILES string of the molecule is Cc1cc(Cl)ccc1-c1nnc(C(N)c2ccccc2)o1. The first-order valence-corrected chi connectivity index (χ1v) is 6.93. The molecule has 106 valence electrons. The second kappa shape index (κ2) is 5.68. The van der Waals surface area contributed by atoms with Gasteiger partial charge in [-0.1, -0.05) is 41.9 Å². The first-order chi connectivity index (χ1) is 10.1. The van der Waals surface area contributed by atoms with E-state index in [4.69, 9.17) is 21.8 Å². The van der Waals surface area contributed by atoms with Crippen LogP contribution in [-0.4, -0.2) is 10.2 Å². The van der Waals surface area contributed by atoms with E-state index in [0.717, 1.165) is 16.7 Å². The Labute approximate surface area is 127 Å². The van der Waals surface area contributed by atoms with Crippen molar-refractivity contribution in [1.82, 2.24) is 10.2 Å². The molecule has 1 unspecified atom stereocenters. The summed E-state index contributed by atoms with van der Waals surface area (Å²) >= 11 is 5.95. The Morgan fingerprint density at radius 2 is 1.86 bits per heavy atom. The van der Waals surface area contributed by atoms with Gasteiger partial charge in [0.2, 0.25) is 11.8 Å². The maximum Gasteiger partial charge on any atom is 0.248 e. The molecule has 0 aliphatic rings. The normalized spacial score (nSPS) is 12.3.